The second-order valence-electron chi connectivity index (χ2n) is 6.23. The van der Waals surface area contributed by atoms with Crippen molar-refractivity contribution in [2.45, 2.75) is 5.03 Å². The van der Waals surface area contributed by atoms with Gasteiger partial charge in [0.1, 0.15) is 40.0 Å². The summed E-state index contributed by atoms with van der Waals surface area (Å²) in [6.45, 7) is 0. The minimum atomic E-state index is -1.07. The first-order valence-corrected chi connectivity index (χ1v) is 9.56. The zero-order valence-corrected chi connectivity index (χ0v) is 16.4. The number of phenolic OH excluding ortho intramolecular Hbond substituents is 3. The van der Waals surface area contributed by atoms with Crippen molar-refractivity contribution in [3.63, 3.8) is 0 Å². The highest BCUT2D eigenvalue weighted by Gasteiger charge is 2.22. The summed E-state index contributed by atoms with van der Waals surface area (Å²) >= 11 is 0.821. The molecule has 0 saturated carbocycles. The number of phenols is 3. The van der Waals surface area contributed by atoms with E-state index < -0.39 is 23.1 Å². The quantitative estimate of drug-likeness (QED) is 0.347. The van der Waals surface area contributed by atoms with Crippen LogP contribution in [0.2, 0.25) is 0 Å². The summed E-state index contributed by atoms with van der Waals surface area (Å²) in [5, 5.41) is 47.9. The normalized spacial score (nSPS) is 10.3. The Balaban J connectivity index is 2.02. The monoisotopic (exact) mass is 436 g/mol. The number of hydrogen-bond donors (Lipinski definition) is 4. The number of nitrogen functional groups attached to an aromatic ring is 1. The molecule has 2 aromatic carbocycles. The van der Waals surface area contributed by atoms with E-state index in [0.717, 1.165) is 17.8 Å². The Bertz CT molecular complexity index is 1280. The summed E-state index contributed by atoms with van der Waals surface area (Å²) in [4.78, 5) is 16.5. The number of anilines is 1. The van der Waals surface area contributed by atoms with Crippen molar-refractivity contribution in [2.24, 2.45) is 0 Å². The smallest absolute Gasteiger partial charge is 0.176 e. The lowest BCUT2D eigenvalue weighted by Crippen LogP contribution is -2.07. The fourth-order valence-corrected chi connectivity index (χ4v) is 3.68. The van der Waals surface area contributed by atoms with Gasteiger partial charge in [0.2, 0.25) is 0 Å². The molecule has 154 valence electrons. The molecule has 0 atom stereocenters. The molecule has 0 bridgehead atoms. The van der Waals surface area contributed by atoms with E-state index in [1.165, 1.54) is 24.3 Å². The lowest BCUT2D eigenvalue weighted by atomic mass is 9.97. The van der Waals surface area contributed by atoms with Crippen LogP contribution in [0, 0.1) is 28.5 Å². The first-order chi connectivity index (χ1) is 14.8. The summed E-state index contributed by atoms with van der Waals surface area (Å²) < 4.78 is 13.6. The SMILES string of the molecule is N#Cc1c(N)nc(SCC(=O)c2cc(F)c(O)cc2O)c(C#N)c1-c1ccc(O)cc1. The number of pyridine rings is 1. The number of Topliss-reactive ketones (excluding diaryl/α,β-unsaturated/α-hetero) is 1. The van der Waals surface area contributed by atoms with Crippen LogP contribution in [0.25, 0.3) is 11.1 Å². The summed E-state index contributed by atoms with van der Waals surface area (Å²) in [5.41, 5.74) is 6.15. The fraction of sp³-hybridized carbons (Fsp3) is 0.0476. The first kappa shape index (κ1) is 21.4. The molecule has 0 aliphatic carbocycles. The van der Waals surface area contributed by atoms with Gasteiger partial charge in [0.25, 0.3) is 0 Å². The van der Waals surface area contributed by atoms with Crippen LogP contribution in [0.3, 0.4) is 0 Å². The molecule has 0 unspecified atom stereocenters. The van der Waals surface area contributed by atoms with Crippen molar-refractivity contribution in [1.29, 1.82) is 10.5 Å². The highest BCUT2D eigenvalue weighted by atomic mass is 32.2. The Hall–Kier alpha value is -4.28. The second-order valence-corrected chi connectivity index (χ2v) is 7.19. The topological polar surface area (TPSA) is 164 Å². The van der Waals surface area contributed by atoms with Gasteiger partial charge in [-0.25, -0.2) is 9.37 Å². The number of thioether (sulfide) groups is 1. The molecule has 31 heavy (non-hydrogen) atoms. The number of carbonyl (C=O) groups is 1. The van der Waals surface area contributed by atoms with Crippen molar-refractivity contribution >= 4 is 23.4 Å². The molecule has 3 rings (SSSR count). The average molecular weight is 436 g/mol. The van der Waals surface area contributed by atoms with E-state index in [9.17, 15) is 35.0 Å². The number of hydrogen-bond acceptors (Lipinski definition) is 9. The Kier molecular flexibility index (Phi) is 5.95. The largest absolute Gasteiger partial charge is 0.508 e. The molecule has 10 heteroatoms. The van der Waals surface area contributed by atoms with Gasteiger partial charge in [-0.15, -0.1) is 0 Å². The van der Waals surface area contributed by atoms with E-state index in [-0.39, 0.29) is 44.6 Å². The average Bonchev–Trinajstić information content (AvgIpc) is 2.74. The number of rotatable bonds is 5. The number of carbonyl (C=O) groups excluding carboxylic acids is 1. The Morgan fingerprint density at radius 2 is 1.71 bits per heavy atom. The number of aromatic nitrogens is 1. The van der Waals surface area contributed by atoms with Crippen LogP contribution < -0.4 is 5.73 Å². The maximum Gasteiger partial charge on any atom is 0.176 e. The van der Waals surface area contributed by atoms with Gasteiger partial charge in [-0.1, -0.05) is 23.9 Å². The van der Waals surface area contributed by atoms with Crippen LogP contribution in [0.15, 0.2) is 41.4 Å². The Labute approximate surface area is 179 Å². The van der Waals surface area contributed by atoms with Gasteiger partial charge in [0.15, 0.2) is 17.3 Å². The third-order valence-corrected chi connectivity index (χ3v) is 5.25. The predicted octanol–water partition coefficient (Wildman–Crippen LogP) is 3.31. The Morgan fingerprint density at radius 1 is 1.06 bits per heavy atom. The number of benzene rings is 2. The lowest BCUT2D eigenvalue weighted by molar-refractivity contribution is 0.101. The molecule has 0 spiro atoms. The number of ketones is 1. The van der Waals surface area contributed by atoms with Gasteiger partial charge < -0.3 is 21.1 Å². The molecule has 1 heterocycles. The molecule has 5 N–H and O–H groups in total. The third-order valence-electron chi connectivity index (χ3n) is 4.28. The summed E-state index contributed by atoms with van der Waals surface area (Å²) in [5.74, 6) is -3.64. The van der Waals surface area contributed by atoms with E-state index in [2.05, 4.69) is 4.98 Å². The second kappa shape index (κ2) is 8.61. The molecule has 0 fully saturated rings. The lowest BCUT2D eigenvalue weighted by Gasteiger charge is -2.13. The third kappa shape index (κ3) is 4.20. The molecular weight excluding hydrogens is 423 g/mol. The van der Waals surface area contributed by atoms with Gasteiger partial charge in [0, 0.05) is 11.6 Å². The molecule has 0 saturated heterocycles. The summed E-state index contributed by atoms with van der Waals surface area (Å²) in [7, 11) is 0. The minimum Gasteiger partial charge on any atom is -0.508 e. The Morgan fingerprint density at radius 3 is 2.32 bits per heavy atom. The van der Waals surface area contributed by atoms with Crippen molar-refractivity contribution in [2.75, 3.05) is 11.5 Å². The van der Waals surface area contributed by atoms with Crippen molar-refractivity contribution in [1.82, 2.24) is 4.98 Å². The number of aromatic hydroxyl groups is 3. The van der Waals surface area contributed by atoms with Crippen molar-refractivity contribution in [3.8, 4) is 40.5 Å². The van der Waals surface area contributed by atoms with Gasteiger partial charge in [-0.05, 0) is 23.8 Å². The van der Waals surface area contributed by atoms with Crippen LogP contribution in [-0.4, -0.2) is 31.8 Å². The van der Waals surface area contributed by atoms with E-state index in [1.54, 1.807) is 0 Å². The van der Waals surface area contributed by atoms with Crippen LogP contribution in [0.4, 0.5) is 10.2 Å². The predicted molar refractivity (Wildman–Crippen MR) is 110 cm³/mol. The highest BCUT2D eigenvalue weighted by Crippen LogP contribution is 2.36. The fourth-order valence-electron chi connectivity index (χ4n) is 2.81. The first-order valence-electron chi connectivity index (χ1n) is 8.57. The van der Waals surface area contributed by atoms with Gasteiger partial charge >= 0.3 is 0 Å². The molecule has 0 amide bonds. The molecule has 1 aromatic heterocycles. The number of nitrogens with zero attached hydrogens (tertiary/aromatic N) is 3. The number of halogens is 1. The maximum absolute atomic E-state index is 13.6. The summed E-state index contributed by atoms with van der Waals surface area (Å²) in [6.07, 6.45) is 0. The zero-order chi connectivity index (χ0) is 22.7. The zero-order valence-electron chi connectivity index (χ0n) is 15.6. The van der Waals surface area contributed by atoms with Crippen LogP contribution in [0.1, 0.15) is 21.5 Å². The van der Waals surface area contributed by atoms with Crippen LogP contribution >= 0.6 is 11.8 Å². The van der Waals surface area contributed by atoms with E-state index in [1.807, 2.05) is 12.1 Å². The highest BCUT2D eigenvalue weighted by molar-refractivity contribution is 8.00. The van der Waals surface area contributed by atoms with Gasteiger partial charge in [-0.3, -0.25) is 4.79 Å². The maximum atomic E-state index is 13.6. The molecule has 3 aromatic rings. The van der Waals surface area contributed by atoms with Crippen molar-refractivity contribution < 1.29 is 24.5 Å². The molecule has 0 aliphatic rings. The van der Waals surface area contributed by atoms with Crippen molar-refractivity contribution in [3.05, 3.63) is 58.9 Å². The van der Waals surface area contributed by atoms with Crippen LogP contribution in [-0.2, 0) is 0 Å². The van der Waals surface area contributed by atoms with Gasteiger partial charge in [-0.2, -0.15) is 10.5 Å². The van der Waals surface area contributed by atoms with E-state index >= 15 is 0 Å². The van der Waals surface area contributed by atoms with E-state index in [0.29, 0.717) is 11.6 Å². The van der Waals surface area contributed by atoms with Crippen LogP contribution in [0.5, 0.6) is 17.2 Å². The molecule has 0 aliphatic heterocycles. The molecule has 0 radical (unpaired) electrons. The van der Waals surface area contributed by atoms with E-state index in [4.69, 9.17) is 5.73 Å². The van der Waals surface area contributed by atoms with Gasteiger partial charge in [0.05, 0.1) is 16.9 Å². The standard InChI is InChI=1S/C21H13FN4O4S/c22-15-5-12(16(28)6-17(15)29)18(30)9-31-21-14(8-24)19(13(7-23)20(25)26-21)10-1-3-11(27)4-2-10/h1-6,27-29H,9H2,(H2,25,26). The number of nitrogens with two attached hydrogens (primary N) is 1. The summed E-state index contributed by atoms with van der Waals surface area (Å²) in [6, 6.07) is 11.1. The number of nitriles is 2. The minimum absolute atomic E-state index is 0.00431. The molecular formula is C21H13FN4O4S. The molecule has 8 nitrogen and oxygen atoms in total.